The molecule has 0 fully saturated rings. The third kappa shape index (κ3) is 3.84. The van der Waals surface area contributed by atoms with Gasteiger partial charge in [0.25, 0.3) is 5.56 Å². The van der Waals surface area contributed by atoms with E-state index in [1.807, 2.05) is 44.2 Å². The summed E-state index contributed by atoms with van der Waals surface area (Å²) in [6, 6.07) is 9.30. The minimum absolute atomic E-state index is 0.0434. The van der Waals surface area contributed by atoms with Gasteiger partial charge in [-0.05, 0) is 44.4 Å². The van der Waals surface area contributed by atoms with Crippen LogP contribution in [-0.4, -0.2) is 19.5 Å². The van der Waals surface area contributed by atoms with E-state index < -0.39 is 0 Å². The second-order valence-corrected chi connectivity index (χ2v) is 6.69. The monoisotopic (exact) mass is 337 g/mol. The summed E-state index contributed by atoms with van der Waals surface area (Å²) in [6.07, 6.45) is 0.891. The fourth-order valence-electron chi connectivity index (χ4n) is 2.74. The number of anilines is 2. The lowest BCUT2D eigenvalue weighted by atomic mass is 10.1. The zero-order valence-electron chi connectivity index (χ0n) is 15.1. The summed E-state index contributed by atoms with van der Waals surface area (Å²) >= 11 is 0. The number of hydrogen-bond donors (Lipinski definition) is 1. The molecule has 0 saturated heterocycles. The van der Waals surface area contributed by atoms with E-state index in [0.29, 0.717) is 35.3 Å². The van der Waals surface area contributed by atoms with Gasteiger partial charge < -0.3 is 0 Å². The maximum atomic E-state index is 12.9. The molecule has 0 spiro atoms. The first-order chi connectivity index (χ1) is 11.9. The summed E-state index contributed by atoms with van der Waals surface area (Å²) in [5, 5.41) is 3.76. The molecule has 2 heterocycles. The summed E-state index contributed by atoms with van der Waals surface area (Å²) in [7, 11) is 0. The van der Waals surface area contributed by atoms with Crippen molar-refractivity contribution >= 4 is 22.8 Å². The Morgan fingerprint density at radius 1 is 1.08 bits per heavy atom. The van der Waals surface area contributed by atoms with Gasteiger partial charge >= 0.3 is 0 Å². The highest BCUT2D eigenvalue weighted by Crippen LogP contribution is 2.16. The van der Waals surface area contributed by atoms with Crippen molar-refractivity contribution < 1.29 is 0 Å². The van der Waals surface area contributed by atoms with Gasteiger partial charge in [0, 0.05) is 17.9 Å². The molecule has 3 rings (SSSR count). The van der Waals surface area contributed by atoms with Crippen molar-refractivity contribution in [1.82, 2.24) is 19.5 Å². The second kappa shape index (κ2) is 7.01. The van der Waals surface area contributed by atoms with Crippen LogP contribution in [0.15, 0.2) is 35.1 Å². The molecule has 2 aromatic heterocycles. The molecule has 0 atom stereocenters. The van der Waals surface area contributed by atoms with Crippen LogP contribution in [0.5, 0.6) is 0 Å². The highest BCUT2D eigenvalue weighted by Gasteiger charge is 2.13. The van der Waals surface area contributed by atoms with Crippen molar-refractivity contribution in [2.75, 3.05) is 5.32 Å². The smallest absolute Gasteiger partial charge is 0.262 e. The van der Waals surface area contributed by atoms with Gasteiger partial charge in [-0.3, -0.25) is 14.7 Å². The van der Waals surface area contributed by atoms with E-state index in [2.05, 4.69) is 34.1 Å². The number of aryl methyl sites for hydroxylation is 2. The lowest BCUT2D eigenvalue weighted by Gasteiger charge is -2.15. The number of rotatable bonds is 5. The van der Waals surface area contributed by atoms with E-state index in [4.69, 9.17) is 0 Å². The Kier molecular flexibility index (Phi) is 4.79. The zero-order valence-corrected chi connectivity index (χ0v) is 15.1. The summed E-state index contributed by atoms with van der Waals surface area (Å²) < 4.78 is 1.68. The molecular weight excluding hydrogens is 314 g/mol. The number of hydrogen-bond acceptors (Lipinski definition) is 5. The quantitative estimate of drug-likeness (QED) is 0.770. The van der Waals surface area contributed by atoms with Gasteiger partial charge in [-0.15, -0.1) is 0 Å². The van der Waals surface area contributed by atoms with Crippen molar-refractivity contribution in [3.8, 4) is 0 Å². The van der Waals surface area contributed by atoms with E-state index in [9.17, 15) is 4.79 Å². The minimum Gasteiger partial charge on any atom is -0.294 e. The third-order valence-electron chi connectivity index (χ3n) is 4.00. The molecule has 0 bridgehead atoms. The van der Waals surface area contributed by atoms with Gasteiger partial charge in [-0.25, -0.2) is 15.0 Å². The molecule has 0 amide bonds. The van der Waals surface area contributed by atoms with Crippen LogP contribution in [0.3, 0.4) is 0 Å². The number of nitrogens with zero attached hydrogens (tertiary/aromatic N) is 4. The van der Waals surface area contributed by atoms with Crippen molar-refractivity contribution in [2.45, 2.75) is 40.7 Å². The summed E-state index contributed by atoms with van der Waals surface area (Å²) in [4.78, 5) is 26.4. The van der Waals surface area contributed by atoms with Crippen molar-refractivity contribution in [2.24, 2.45) is 5.92 Å². The summed E-state index contributed by atoms with van der Waals surface area (Å²) in [6.45, 7) is 8.71. The van der Waals surface area contributed by atoms with Gasteiger partial charge in [0.15, 0.2) is 0 Å². The van der Waals surface area contributed by atoms with E-state index in [1.165, 1.54) is 0 Å². The molecule has 0 aliphatic carbocycles. The number of nitrogens with one attached hydrogen (secondary N) is 1. The van der Waals surface area contributed by atoms with Gasteiger partial charge in [-0.1, -0.05) is 26.0 Å². The van der Waals surface area contributed by atoms with E-state index >= 15 is 0 Å². The Morgan fingerprint density at radius 3 is 2.44 bits per heavy atom. The maximum absolute atomic E-state index is 12.9. The Morgan fingerprint density at radius 2 is 1.76 bits per heavy atom. The van der Waals surface area contributed by atoms with Gasteiger partial charge in [-0.2, -0.15) is 0 Å². The second-order valence-electron chi connectivity index (χ2n) is 6.69. The molecule has 0 aliphatic rings. The highest BCUT2D eigenvalue weighted by atomic mass is 16.1. The molecule has 0 saturated carbocycles. The predicted octanol–water partition coefficient (Wildman–Crippen LogP) is 3.59. The van der Waals surface area contributed by atoms with Crippen molar-refractivity contribution in [3.63, 3.8) is 0 Å². The largest absolute Gasteiger partial charge is 0.294 e. The molecular formula is C19H23N5O. The molecule has 130 valence electrons. The molecule has 1 aromatic carbocycles. The van der Waals surface area contributed by atoms with Crippen molar-refractivity contribution in [1.29, 1.82) is 0 Å². The van der Waals surface area contributed by atoms with Gasteiger partial charge in [0.1, 0.15) is 0 Å². The van der Waals surface area contributed by atoms with Gasteiger partial charge in [0.2, 0.25) is 11.9 Å². The fourth-order valence-corrected chi connectivity index (χ4v) is 2.74. The molecule has 0 aliphatic heterocycles. The summed E-state index contributed by atoms with van der Waals surface area (Å²) in [5.74, 6) is 1.43. The predicted molar refractivity (Wildman–Crippen MR) is 100 cm³/mol. The molecule has 0 unspecified atom stereocenters. The molecule has 25 heavy (non-hydrogen) atoms. The fraction of sp³-hybridized carbons (Fsp3) is 0.368. The minimum atomic E-state index is -0.0434. The average molecular weight is 337 g/mol. The molecule has 6 heteroatoms. The van der Waals surface area contributed by atoms with Crippen LogP contribution >= 0.6 is 0 Å². The van der Waals surface area contributed by atoms with Crippen LogP contribution in [-0.2, 0) is 6.54 Å². The Hall–Kier alpha value is -2.76. The topological polar surface area (TPSA) is 72.7 Å². The number of aromatic nitrogens is 4. The van der Waals surface area contributed by atoms with Crippen LogP contribution in [0.4, 0.5) is 11.9 Å². The van der Waals surface area contributed by atoms with Gasteiger partial charge in [0.05, 0.1) is 10.9 Å². The van der Waals surface area contributed by atoms with Crippen LogP contribution in [0.2, 0.25) is 0 Å². The SMILES string of the molecule is Cc1cc(C)nc(Nc2nc3ccccc3c(=O)n2CCC(C)C)n1. The normalized spacial score (nSPS) is 11.2. The highest BCUT2D eigenvalue weighted by molar-refractivity contribution is 5.78. The van der Waals surface area contributed by atoms with Crippen molar-refractivity contribution in [3.05, 3.63) is 52.1 Å². The Labute approximate surface area is 147 Å². The Balaban J connectivity index is 2.10. The lowest BCUT2D eigenvalue weighted by Crippen LogP contribution is -2.25. The van der Waals surface area contributed by atoms with E-state index in [0.717, 1.165) is 17.8 Å². The standard InChI is InChI=1S/C19H23N5O/c1-12(2)9-10-24-17(25)15-7-5-6-8-16(15)22-19(24)23-18-20-13(3)11-14(4)21-18/h5-8,11-12H,9-10H2,1-4H3,(H,20,21,22,23). The van der Waals surface area contributed by atoms with Crippen LogP contribution in [0, 0.1) is 19.8 Å². The van der Waals surface area contributed by atoms with Crippen LogP contribution in [0.1, 0.15) is 31.7 Å². The molecule has 0 radical (unpaired) electrons. The van der Waals surface area contributed by atoms with Crippen LogP contribution < -0.4 is 10.9 Å². The first-order valence-corrected chi connectivity index (χ1v) is 8.53. The van der Waals surface area contributed by atoms with Crippen LogP contribution in [0.25, 0.3) is 10.9 Å². The number of fused-ring (bicyclic) bond motifs is 1. The molecule has 1 N–H and O–H groups in total. The molecule has 3 aromatic rings. The number of benzene rings is 1. The average Bonchev–Trinajstić information content (AvgIpc) is 2.53. The summed E-state index contributed by atoms with van der Waals surface area (Å²) in [5.41, 5.74) is 2.36. The first-order valence-electron chi connectivity index (χ1n) is 8.53. The zero-order chi connectivity index (χ0) is 18.0. The Bertz CT molecular complexity index is 941. The molecule has 6 nitrogen and oxygen atoms in total. The third-order valence-corrected chi connectivity index (χ3v) is 4.00. The number of para-hydroxylation sites is 1. The lowest BCUT2D eigenvalue weighted by molar-refractivity contribution is 0.510. The van der Waals surface area contributed by atoms with E-state index in [1.54, 1.807) is 4.57 Å². The van der Waals surface area contributed by atoms with E-state index in [-0.39, 0.29) is 5.56 Å². The maximum Gasteiger partial charge on any atom is 0.262 e. The first kappa shape index (κ1) is 17.1.